The smallest absolute Gasteiger partial charge is 0.121 e. The number of hydrogen-bond acceptors (Lipinski definition) is 4. The van der Waals surface area contributed by atoms with Crippen molar-refractivity contribution in [1.29, 1.82) is 0 Å². The third-order valence-corrected chi connectivity index (χ3v) is 2.89. The van der Waals surface area contributed by atoms with Crippen LogP contribution in [-0.2, 0) is 0 Å². The summed E-state index contributed by atoms with van der Waals surface area (Å²) in [5.74, 6) is 1.58. The van der Waals surface area contributed by atoms with Gasteiger partial charge < -0.3 is 9.47 Å². The Bertz CT molecular complexity index is 704. The molecule has 0 N–H and O–H groups in total. The Morgan fingerprint density at radius 1 is 0.789 bits per heavy atom. The van der Waals surface area contributed by atoms with Crippen molar-refractivity contribution in [2.24, 2.45) is 0 Å². The molecule has 0 aliphatic heterocycles. The highest BCUT2D eigenvalue weighted by Gasteiger charge is 2.05. The lowest BCUT2D eigenvalue weighted by Gasteiger charge is -2.01. The van der Waals surface area contributed by atoms with E-state index in [1.54, 1.807) is 19.0 Å². The third-order valence-electron chi connectivity index (χ3n) is 2.89. The number of aromatic nitrogens is 3. The molecule has 0 atom stereocenters. The number of nitrogens with zero attached hydrogens (tertiary/aromatic N) is 3. The number of benzene rings is 2. The van der Waals surface area contributed by atoms with Gasteiger partial charge in [0.1, 0.15) is 22.5 Å². The molecule has 0 unspecified atom stereocenters. The van der Waals surface area contributed by atoms with Crippen LogP contribution in [-0.4, -0.2) is 29.2 Å². The average molecular weight is 255 g/mol. The molecule has 3 aromatic rings. The first kappa shape index (κ1) is 11.5. The van der Waals surface area contributed by atoms with Crippen LogP contribution in [0.25, 0.3) is 16.7 Å². The van der Waals surface area contributed by atoms with Gasteiger partial charge in [0, 0.05) is 6.07 Å². The fourth-order valence-electron chi connectivity index (χ4n) is 1.85. The van der Waals surface area contributed by atoms with Crippen LogP contribution in [0.15, 0.2) is 42.5 Å². The minimum atomic E-state index is 0.772. The Morgan fingerprint density at radius 3 is 2.11 bits per heavy atom. The maximum atomic E-state index is 5.17. The van der Waals surface area contributed by atoms with E-state index in [1.807, 2.05) is 42.5 Å². The molecule has 0 aliphatic rings. The maximum absolute atomic E-state index is 5.17. The van der Waals surface area contributed by atoms with Crippen molar-refractivity contribution < 1.29 is 9.47 Å². The molecule has 0 spiro atoms. The van der Waals surface area contributed by atoms with Crippen molar-refractivity contribution in [3.63, 3.8) is 0 Å². The van der Waals surface area contributed by atoms with E-state index in [4.69, 9.17) is 9.47 Å². The van der Waals surface area contributed by atoms with Gasteiger partial charge in [-0.2, -0.15) is 4.80 Å². The van der Waals surface area contributed by atoms with Crippen molar-refractivity contribution in [1.82, 2.24) is 15.0 Å². The Hall–Kier alpha value is -2.56. The van der Waals surface area contributed by atoms with E-state index in [0.717, 1.165) is 28.2 Å². The summed E-state index contributed by atoms with van der Waals surface area (Å²) in [4.78, 5) is 1.60. The summed E-state index contributed by atoms with van der Waals surface area (Å²) in [5, 5.41) is 8.85. The molecule has 0 saturated carbocycles. The van der Waals surface area contributed by atoms with Gasteiger partial charge in [-0.05, 0) is 36.4 Å². The number of fused-ring (bicyclic) bond motifs is 1. The fraction of sp³-hybridized carbons (Fsp3) is 0.143. The van der Waals surface area contributed by atoms with E-state index in [-0.39, 0.29) is 0 Å². The highest BCUT2D eigenvalue weighted by Crippen LogP contribution is 2.19. The van der Waals surface area contributed by atoms with Crippen LogP contribution in [0.2, 0.25) is 0 Å². The molecule has 5 nitrogen and oxygen atoms in total. The van der Waals surface area contributed by atoms with Gasteiger partial charge in [0.2, 0.25) is 0 Å². The van der Waals surface area contributed by atoms with E-state index in [2.05, 4.69) is 10.2 Å². The third kappa shape index (κ3) is 2.10. The van der Waals surface area contributed by atoms with Gasteiger partial charge in [-0.15, -0.1) is 10.2 Å². The largest absolute Gasteiger partial charge is 0.497 e. The molecule has 19 heavy (non-hydrogen) atoms. The van der Waals surface area contributed by atoms with Gasteiger partial charge in [-0.3, -0.25) is 0 Å². The van der Waals surface area contributed by atoms with E-state index < -0.39 is 0 Å². The monoisotopic (exact) mass is 255 g/mol. The van der Waals surface area contributed by atoms with E-state index in [0.29, 0.717) is 0 Å². The van der Waals surface area contributed by atoms with Crippen LogP contribution in [0.5, 0.6) is 11.5 Å². The van der Waals surface area contributed by atoms with Crippen LogP contribution in [0.1, 0.15) is 0 Å². The van der Waals surface area contributed by atoms with Crippen molar-refractivity contribution in [2.75, 3.05) is 14.2 Å². The van der Waals surface area contributed by atoms with Crippen LogP contribution >= 0.6 is 0 Å². The van der Waals surface area contributed by atoms with E-state index in [9.17, 15) is 0 Å². The fourth-order valence-corrected chi connectivity index (χ4v) is 1.85. The van der Waals surface area contributed by atoms with Gasteiger partial charge in [-0.1, -0.05) is 0 Å². The van der Waals surface area contributed by atoms with Gasteiger partial charge in [0.25, 0.3) is 0 Å². The van der Waals surface area contributed by atoms with Gasteiger partial charge in [0.05, 0.1) is 19.9 Å². The zero-order valence-electron chi connectivity index (χ0n) is 10.7. The summed E-state index contributed by atoms with van der Waals surface area (Å²) in [5.41, 5.74) is 2.52. The second kappa shape index (κ2) is 4.61. The molecule has 0 saturated heterocycles. The topological polar surface area (TPSA) is 49.2 Å². The highest BCUT2D eigenvalue weighted by atomic mass is 16.5. The first-order valence-electron chi connectivity index (χ1n) is 5.85. The number of ether oxygens (including phenoxy) is 2. The zero-order valence-corrected chi connectivity index (χ0v) is 10.7. The Balaban J connectivity index is 2.04. The molecule has 0 fully saturated rings. The minimum absolute atomic E-state index is 0.772. The standard InChI is InChI=1S/C14H13N3O2/c1-18-11-5-3-10(4-6-11)17-15-13-8-7-12(19-2)9-14(13)16-17/h3-9H,1-2H3. The van der Waals surface area contributed by atoms with Gasteiger partial charge >= 0.3 is 0 Å². The van der Waals surface area contributed by atoms with Crippen molar-refractivity contribution >= 4 is 11.0 Å². The Labute approximate surface area is 110 Å². The average Bonchev–Trinajstić information content (AvgIpc) is 2.90. The second-order valence-electron chi connectivity index (χ2n) is 4.04. The summed E-state index contributed by atoms with van der Waals surface area (Å²) in [6.07, 6.45) is 0. The Kier molecular flexibility index (Phi) is 2.79. The van der Waals surface area contributed by atoms with Crippen LogP contribution in [0.4, 0.5) is 0 Å². The Morgan fingerprint density at radius 2 is 1.42 bits per heavy atom. The highest BCUT2D eigenvalue weighted by molar-refractivity contribution is 5.75. The summed E-state index contributed by atoms with van der Waals surface area (Å²) in [6, 6.07) is 13.2. The lowest BCUT2D eigenvalue weighted by atomic mass is 10.3. The first-order valence-corrected chi connectivity index (χ1v) is 5.85. The zero-order chi connectivity index (χ0) is 13.2. The molecule has 0 amide bonds. The van der Waals surface area contributed by atoms with Crippen molar-refractivity contribution in [2.45, 2.75) is 0 Å². The molecule has 1 heterocycles. The molecule has 2 aromatic carbocycles. The normalized spacial score (nSPS) is 10.6. The summed E-state index contributed by atoms with van der Waals surface area (Å²) in [6.45, 7) is 0. The predicted molar refractivity (Wildman–Crippen MR) is 72.0 cm³/mol. The predicted octanol–water partition coefficient (Wildman–Crippen LogP) is 2.44. The van der Waals surface area contributed by atoms with Crippen molar-refractivity contribution in [3.05, 3.63) is 42.5 Å². The lowest BCUT2D eigenvalue weighted by Crippen LogP contribution is -1.98. The molecule has 0 bridgehead atoms. The maximum Gasteiger partial charge on any atom is 0.121 e. The van der Waals surface area contributed by atoms with Gasteiger partial charge in [-0.25, -0.2) is 0 Å². The van der Waals surface area contributed by atoms with Crippen molar-refractivity contribution in [3.8, 4) is 17.2 Å². The van der Waals surface area contributed by atoms with Gasteiger partial charge in [0.15, 0.2) is 0 Å². The first-order chi connectivity index (χ1) is 9.30. The molecule has 96 valence electrons. The summed E-state index contributed by atoms with van der Waals surface area (Å²) in [7, 11) is 3.27. The van der Waals surface area contributed by atoms with Crippen LogP contribution in [0, 0.1) is 0 Å². The number of methoxy groups -OCH3 is 2. The van der Waals surface area contributed by atoms with Crippen LogP contribution < -0.4 is 9.47 Å². The molecular weight excluding hydrogens is 242 g/mol. The van der Waals surface area contributed by atoms with E-state index >= 15 is 0 Å². The summed E-state index contributed by atoms with van der Waals surface area (Å²) >= 11 is 0. The minimum Gasteiger partial charge on any atom is -0.497 e. The molecular formula is C14H13N3O2. The number of hydrogen-bond donors (Lipinski definition) is 0. The molecule has 0 aliphatic carbocycles. The quantitative estimate of drug-likeness (QED) is 0.721. The molecule has 1 aromatic heterocycles. The number of rotatable bonds is 3. The molecule has 0 radical (unpaired) electrons. The van der Waals surface area contributed by atoms with E-state index in [1.165, 1.54) is 0 Å². The lowest BCUT2D eigenvalue weighted by molar-refractivity contribution is 0.414. The second-order valence-corrected chi connectivity index (χ2v) is 4.04. The SMILES string of the molecule is COc1ccc(-n2nc3ccc(OC)cc3n2)cc1. The van der Waals surface area contributed by atoms with Crippen LogP contribution in [0.3, 0.4) is 0 Å². The molecule has 5 heteroatoms. The molecule has 3 rings (SSSR count). The summed E-state index contributed by atoms with van der Waals surface area (Å²) < 4.78 is 10.3.